The second-order valence-electron chi connectivity index (χ2n) is 3.77. The van der Waals surface area contributed by atoms with Gasteiger partial charge in [-0.05, 0) is 36.2 Å². The van der Waals surface area contributed by atoms with Crippen molar-refractivity contribution < 1.29 is 0 Å². The van der Waals surface area contributed by atoms with E-state index < -0.39 is 0 Å². The summed E-state index contributed by atoms with van der Waals surface area (Å²) in [6, 6.07) is 6.72. The molecule has 1 heterocycles. The first-order chi connectivity index (χ1) is 6.27. The fourth-order valence-corrected chi connectivity index (χ4v) is 1.74. The number of nitrogens with one attached hydrogen (secondary N) is 1. The van der Waals surface area contributed by atoms with Gasteiger partial charge in [-0.15, -0.1) is 12.4 Å². The van der Waals surface area contributed by atoms with Crippen molar-refractivity contribution >= 4 is 18.1 Å². The lowest BCUT2D eigenvalue weighted by Crippen LogP contribution is -2.23. The third-order valence-corrected chi connectivity index (χ3v) is 2.59. The molecule has 14 heavy (non-hydrogen) atoms. The predicted molar refractivity (Wildman–Crippen MR) is 63.4 cm³/mol. The Morgan fingerprint density at radius 3 is 2.71 bits per heavy atom. The number of rotatable bonds is 1. The van der Waals surface area contributed by atoms with Gasteiger partial charge in [-0.2, -0.15) is 0 Å². The number of anilines is 1. The van der Waals surface area contributed by atoms with Gasteiger partial charge < -0.3 is 10.2 Å². The van der Waals surface area contributed by atoms with E-state index in [9.17, 15) is 0 Å². The van der Waals surface area contributed by atoms with Crippen LogP contribution in [-0.2, 0) is 13.0 Å². The van der Waals surface area contributed by atoms with Crippen molar-refractivity contribution in [3.05, 3.63) is 29.3 Å². The van der Waals surface area contributed by atoms with E-state index in [1.54, 1.807) is 0 Å². The van der Waals surface area contributed by atoms with Crippen molar-refractivity contribution in [2.45, 2.75) is 13.0 Å². The Hall–Kier alpha value is -0.730. The minimum atomic E-state index is 0. The maximum Gasteiger partial charge on any atom is 0.0363 e. The highest BCUT2D eigenvalue weighted by Gasteiger charge is 2.08. The van der Waals surface area contributed by atoms with Gasteiger partial charge in [0.05, 0.1) is 0 Å². The number of hydrogen-bond acceptors (Lipinski definition) is 2. The molecular weight excluding hydrogens is 196 g/mol. The average molecular weight is 213 g/mol. The van der Waals surface area contributed by atoms with Crippen LogP contribution in [0.5, 0.6) is 0 Å². The molecule has 0 spiro atoms. The summed E-state index contributed by atoms with van der Waals surface area (Å²) < 4.78 is 0. The molecule has 0 unspecified atom stereocenters. The Morgan fingerprint density at radius 2 is 2.00 bits per heavy atom. The standard InChI is InChI=1S/C11H16N2.ClH/c1-13(2)11-4-3-10-8-12-6-5-9(10)7-11;/h3-4,7,12H,5-6,8H2,1-2H3;1H. The zero-order valence-electron chi connectivity index (χ0n) is 8.71. The highest BCUT2D eigenvalue weighted by Crippen LogP contribution is 2.20. The van der Waals surface area contributed by atoms with E-state index in [2.05, 4.69) is 42.5 Å². The lowest BCUT2D eigenvalue weighted by Gasteiger charge is -2.20. The van der Waals surface area contributed by atoms with Gasteiger partial charge in [0, 0.05) is 26.3 Å². The van der Waals surface area contributed by atoms with E-state index >= 15 is 0 Å². The molecular formula is C11H17ClN2. The number of hydrogen-bond donors (Lipinski definition) is 1. The van der Waals surface area contributed by atoms with Crippen LogP contribution in [0.15, 0.2) is 18.2 Å². The SMILES string of the molecule is CN(C)c1ccc2c(c1)CCNC2.Cl. The van der Waals surface area contributed by atoms with E-state index in [0.717, 1.165) is 19.5 Å². The van der Waals surface area contributed by atoms with Crippen molar-refractivity contribution in [2.75, 3.05) is 25.5 Å². The van der Waals surface area contributed by atoms with Gasteiger partial charge in [-0.25, -0.2) is 0 Å². The quantitative estimate of drug-likeness (QED) is 0.764. The molecule has 0 aliphatic carbocycles. The Balaban J connectivity index is 0.000000980. The Labute approximate surface area is 91.7 Å². The van der Waals surface area contributed by atoms with Crippen LogP contribution in [0.2, 0.25) is 0 Å². The number of fused-ring (bicyclic) bond motifs is 1. The molecule has 0 saturated carbocycles. The average Bonchev–Trinajstić information content (AvgIpc) is 2.17. The highest BCUT2D eigenvalue weighted by molar-refractivity contribution is 5.85. The van der Waals surface area contributed by atoms with Crippen LogP contribution >= 0.6 is 12.4 Å². The van der Waals surface area contributed by atoms with Crippen molar-refractivity contribution in [3.8, 4) is 0 Å². The fraction of sp³-hybridized carbons (Fsp3) is 0.455. The van der Waals surface area contributed by atoms with Crippen molar-refractivity contribution in [1.29, 1.82) is 0 Å². The van der Waals surface area contributed by atoms with Crippen LogP contribution < -0.4 is 10.2 Å². The first kappa shape index (κ1) is 11.3. The van der Waals surface area contributed by atoms with Crippen LogP contribution in [0, 0.1) is 0 Å². The minimum Gasteiger partial charge on any atom is -0.378 e. The van der Waals surface area contributed by atoms with E-state index in [1.165, 1.54) is 16.8 Å². The number of nitrogens with zero attached hydrogens (tertiary/aromatic N) is 1. The summed E-state index contributed by atoms with van der Waals surface area (Å²) in [7, 11) is 4.17. The fourth-order valence-electron chi connectivity index (χ4n) is 1.74. The van der Waals surface area contributed by atoms with Gasteiger partial charge in [-0.1, -0.05) is 6.07 Å². The Bertz CT molecular complexity index is 310. The summed E-state index contributed by atoms with van der Waals surface area (Å²) in [5.74, 6) is 0. The minimum absolute atomic E-state index is 0. The molecule has 0 fully saturated rings. The third-order valence-electron chi connectivity index (χ3n) is 2.59. The first-order valence-electron chi connectivity index (χ1n) is 4.77. The largest absolute Gasteiger partial charge is 0.378 e. The molecule has 0 amide bonds. The van der Waals surface area contributed by atoms with Gasteiger partial charge in [0.2, 0.25) is 0 Å². The van der Waals surface area contributed by atoms with E-state index in [4.69, 9.17) is 0 Å². The zero-order valence-corrected chi connectivity index (χ0v) is 9.53. The van der Waals surface area contributed by atoms with Gasteiger partial charge in [0.1, 0.15) is 0 Å². The van der Waals surface area contributed by atoms with Gasteiger partial charge in [-0.3, -0.25) is 0 Å². The Kier molecular flexibility index (Phi) is 3.78. The number of halogens is 1. The summed E-state index contributed by atoms with van der Waals surface area (Å²) in [5, 5.41) is 3.38. The van der Waals surface area contributed by atoms with Crippen LogP contribution in [0.25, 0.3) is 0 Å². The van der Waals surface area contributed by atoms with Gasteiger partial charge in [0.15, 0.2) is 0 Å². The molecule has 78 valence electrons. The zero-order chi connectivity index (χ0) is 9.26. The molecule has 2 nitrogen and oxygen atoms in total. The van der Waals surface area contributed by atoms with Crippen LogP contribution in [-0.4, -0.2) is 20.6 Å². The summed E-state index contributed by atoms with van der Waals surface area (Å²) in [5.41, 5.74) is 4.27. The molecule has 0 bridgehead atoms. The molecule has 1 aliphatic heterocycles. The summed E-state index contributed by atoms with van der Waals surface area (Å²) in [4.78, 5) is 2.16. The second kappa shape index (κ2) is 4.67. The lowest BCUT2D eigenvalue weighted by atomic mass is 10.0. The van der Waals surface area contributed by atoms with Crippen molar-refractivity contribution in [3.63, 3.8) is 0 Å². The molecule has 1 aromatic carbocycles. The number of benzene rings is 1. The summed E-state index contributed by atoms with van der Waals surface area (Å²) in [6.45, 7) is 2.15. The molecule has 0 radical (unpaired) electrons. The van der Waals surface area contributed by atoms with E-state index in [1.807, 2.05) is 0 Å². The van der Waals surface area contributed by atoms with Gasteiger partial charge >= 0.3 is 0 Å². The lowest BCUT2D eigenvalue weighted by molar-refractivity contribution is 0.644. The molecule has 3 heteroatoms. The molecule has 0 aromatic heterocycles. The summed E-state index contributed by atoms with van der Waals surface area (Å²) >= 11 is 0. The summed E-state index contributed by atoms with van der Waals surface area (Å²) in [6.07, 6.45) is 1.16. The van der Waals surface area contributed by atoms with Crippen molar-refractivity contribution in [1.82, 2.24) is 5.32 Å². The highest BCUT2D eigenvalue weighted by atomic mass is 35.5. The maximum atomic E-state index is 3.38. The van der Waals surface area contributed by atoms with E-state index in [0.29, 0.717) is 0 Å². The topological polar surface area (TPSA) is 15.3 Å². The third kappa shape index (κ3) is 2.20. The molecule has 0 saturated heterocycles. The molecule has 0 atom stereocenters. The second-order valence-corrected chi connectivity index (χ2v) is 3.77. The smallest absolute Gasteiger partial charge is 0.0363 e. The molecule has 1 aromatic rings. The van der Waals surface area contributed by atoms with Crippen LogP contribution in [0.4, 0.5) is 5.69 Å². The normalized spacial score (nSPS) is 14.1. The van der Waals surface area contributed by atoms with Crippen LogP contribution in [0.3, 0.4) is 0 Å². The van der Waals surface area contributed by atoms with Crippen molar-refractivity contribution in [2.24, 2.45) is 0 Å². The van der Waals surface area contributed by atoms with Gasteiger partial charge in [0.25, 0.3) is 0 Å². The monoisotopic (exact) mass is 212 g/mol. The van der Waals surface area contributed by atoms with Crippen LogP contribution in [0.1, 0.15) is 11.1 Å². The first-order valence-corrected chi connectivity index (χ1v) is 4.77. The molecule has 1 N–H and O–H groups in total. The predicted octanol–water partition coefficient (Wildman–Crippen LogP) is 1.82. The van der Waals surface area contributed by atoms with E-state index in [-0.39, 0.29) is 12.4 Å². The molecule has 1 aliphatic rings. The Morgan fingerprint density at radius 1 is 1.21 bits per heavy atom. The molecule has 2 rings (SSSR count). The maximum absolute atomic E-state index is 3.38.